The van der Waals surface area contributed by atoms with E-state index in [9.17, 15) is 14.4 Å². The molecule has 0 aliphatic heterocycles. The molecule has 0 amide bonds. The van der Waals surface area contributed by atoms with Crippen molar-refractivity contribution in [2.24, 2.45) is 11.8 Å². The number of hydrogen-bond donors (Lipinski definition) is 1. The van der Waals surface area contributed by atoms with E-state index in [-0.39, 0.29) is 29.8 Å². The molecule has 0 radical (unpaired) electrons. The molecule has 0 bridgehead atoms. The van der Waals surface area contributed by atoms with Crippen LogP contribution in [0.4, 0.5) is 0 Å². The topological polar surface area (TPSA) is 80.7 Å². The van der Waals surface area contributed by atoms with Crippen molar-refractivity contribution in [3.05, 3.63) is 42.0 Å². The van der Waals surface area contributed by atoms with Gasteiger partial charge in [-0.3, -0.25) is 14.4 Å². The van der Waals surface area contributed by atoms with Gasteiger partial charge < -0.3 is 9.84 Å². The Kier molecular flexibility index (Phi) is 8.92. The molecule has 28 heavy (non-hydrogen) atoms. The number of hydrogen-bond acceptors (Lipinski definition) is 4. The number of unbranched alkanes of at least 4 members (excludes halogenated alkanes) is 3. The van der Waals surface area contributed by atoms with Gasteiger partial charge in [-0.05, 0) is 62.4 Å². The smallest absolute Gasteiger partial charge is 0.303 e. The van der Waals surface area contributed by atoms with Gasteiger partial charge in [-0.25, -0.2) is 0 Å². The van der Waals surface area contributed by atoms with Crippen molar-refractivity contribution in [1.82, 2.24) is 0 Å². The minimum atomic E-state index is -0.756. The lowest BCUT2D eigenvalue weighted by Crippen LogP contribution is -2.13. The minimum absolute atomic E-state index is 0.0103. The van der Waals surface area contributed by atoms with Gasteiger partial charge in [0.05, 0.1) is 6.61 Å². The van der Waals surface area contributed by atoms with Gasteiger partial charge in [-0.2, -0.15) is 0 Å². The molecule has 5 nitrogen and oxygen atoms in total. The maximum absolute atomic E-state index is 12.4. The summed E-state index contributed by atoms with van der Waals surface area (Å²) in [6.45, 7) is 2.50. The predicted molar refractivity (Wildman–Crippen MR) is 108 cm³/mol. The highest BCUT2D eigenvalue weighted by molar-refractivity contribution is 6.04. The fourth-order valence-electron chi connectivity index (χ4n) is 3.72. The van der Waals surface area contributed by atoms with Gasteiger partial charge in [0, 0.05) is 24.3 Å². The Balaban J connectivity index is 1.82. The van der Waals surface area contributed by atoms with Gasteiger partial charge in [0.1, 0.15) is 11.5 Å². The molecule has 1 aromatic carbocycles. The van der Waals surface area contributed by atoms with Crippen LogP contribution in [0.25, 0.3) is 0 Å². The number of carboxylic acids is 1. The molecule has 0 heterocycles. The Labute approximate surface area is 166 Å². The predicted octanol–water partition coefficient (Wildman–Crippen LogP) is 4.84. The number of rotatable bonds is 12. The van der Waals surface area contributed by atoms with E-state index in [0.29, 0.717) is 25.0 Å². The molecule has 2 rings (SSSR count). The van der Waals surface area contributed by atoms with Crippen LogP contribution in [0, 0.1) is 11.8 Å². The van der Waals surface area contributed by atoms with E-state index in [1.54, 1.807) is 30.3 Å². The number of aliphatic carboxylic acids is 1. The molecule has 1 fully saturated rings. The fraction of sp³-hybridized carbons (Fsp3) is 0.522. The quantitative estimate of drug-likeness (QED) is 0.316. The summed E-state index contributed by atoms with van der Waals surface area (Å²) in [4.78, 5) is 35.1. The maximum Gasteiger partial charge on any atom is 0.303 e. The van der Waals surface area contributed by atoms with E-state index < -0.39 is 5.97 Å². The summed E-state index contributed by atoms with van der Waals surface area (Å²) < 4.78 is 5.39. The molecule has 1 aliphatic carbocycles. The Hall–Kier alpha value is -2.43. The summed E-state index contributed by atoms with van der Waals surface area (Å²) >= 11 is 0. The third-order valence-electron chi connectivity index (χ3n) is 5.25. The normalized spacial score (nSPS) is 19.2. The molecule has 5 heteroatoms. The summed E-state index contributed by atoms with van der Waals surface area (Å²) in [5.74, 6) is 0.326. The van der Waals surface area contributed by atoms with Crippen molar-refractivity contribution >= 4 is 17.5 Å². The molecule has 1 aromatic rings. The number of ketones is 2. The zero-order chi connectivity index (χ0) is 20.4. The van der Waals surface area contributed by atoms with Gasteiger partial charge in [0.15, 0.2) is 5.78 Å². The highest BCUT2D eigenvalue weighted by atomic mass is 16.5. The summed E-state index contributed by atoms with van der Waals surface area (Å²) in [7, 11) is 0. The number of Topliss-reactive ketones (excluding diaryl/α,β-unsaturated/α-hetero) is 1. The summed E-state index contributed by atoms with van der Waals surface area (Å²) in [5.41, 5.74) is 0.610. The van der Waals surface area contributed by atoms with Gasteiger partial charge in [-0.15, -0.1) is 0 Å². The lowest BCUT2D eigenvalue weighted by atomic mass is 9.89. The van der Waals surface area contributed by atoms with E-state index in [4.69, 9.17) is 9.84 Å². The first-order chi connectivity index (χ1) is 13.5. The molecule has 1 saturated carbocycles. The second kappa shape index (κ2) is 11.4. The van der Waals surface area contributed by atoms with Crippen LogP contribution in [0.3, 0.4) is 0 Å². The summed E-state index contributed by atoms with van der Waals surface area (Å²) in [6, 6.07) is 7.09. The van der Waals surface area contributed by atoms with E-state index in [1.165, 1.54) is 0 Å². The van der Waals surface area contributed by atoms with Crippen LogP contribution in [0.15, 0.2) is 36.4 Å². The Morgan fingerprint density at radius 3 is 2.54 bits per heavy atom. The van der Waals surface area contributed by atoms with Crippen LogP contribution in [0.5, 0.6) is 5.75 Å². The zero-order valence-corrected chi connectivity index (χ0v) is 16.6. The number of carbonyl (C=O) groups is 3. The zero-order valence-electron chi connectivity index (χ0n) is 16.6. The van der Waals surface area contributed by atoms with Gasteiger partial charge in [-0.1, -0.05) is 25.3 Å². The third kappa shape index (κ3) is 6.95. The molecule has 1 N–H and O–H groups in total. The SMILES string of the molecule is CCOc1ccc(C(=O)C=CC2CCC(=O)C2CCCCCCC(=O)O)cc1. The lowest BCUT2D eigenvalue weighted by molar-refractivity contribution is -0.137. The minimum Gasteiger partial charge on any atom is -0.494 e. The molecule has 0 saturated heterocycles. The standard InChI is InChI=1S/C23H30O5/c1-2-28-19-13-9-18(10-14-19)21(24)15-11-17-12-16-22(25)20(17)7-5-3-4-6-8-23(26)27/h9-11,13-15,17,20H,2-8,12,16H2,1H3,(H,26,27). The van der Waals surface area contributed by atoms with Crippen molar-refractivity contribution in [2.45, 2.75) is 58.3 Å². The van der Waals surface area contributed by atoms with Gasteiger partial charge in [0.2, 0.25) is 0 Å². The lowest BCUT2D eigenvalue weighted by Gasteiger charge is -2.14. The van der Waals surface area contributed by atoms with Crippen molar-refractivity contribution in [2.75, 3.05) is 6.61 Å². The second-order valence-corrected chi connectivity index (χ2v) is 7.30. The van der Waals surface area contributed by atoms with Crippen molar-refractivity contribution in [1.29, 1.82) is 0 Å². The average Bonchev–Trinajstić information content (AvgIpc) is 3.03. The third-order valence-corrected chi connectivity index (χ3v) is 5.25. The second-order valence-electron chi connectivity index (χ2n) is 7.30. The number of carbonyl (C=O) groups excluding carboxylic acids is 2. The van der Waals surface area contributed by atoms with Gasteiger partial charge >= 0.3 is 5.97 Å². The first-order valence-corrected chi connectivity index (χ1v) is 10.2. The van der Waals surface area contributed by atoms with Gasteiger partial charge in [0.25, 0.3) is 0 Å². The number of allylic oxidation sites excluding steroid dienone is 2. The van der Waals surface area contributed by atoms with Crippen molar-refractivity contribution < 1.29 is 24.2 Å². The molecular weight excluding hydrogens is 356 g/mol. The Morgan fingerprint density at radius 2 is 1.86 bits per heavy atom. The van der Waals surface area contributed by atoms with Crippen LogP contribution < -0.4 is 4.74 Å². The van der Waals surface area contributed by atoms with E-state index >= 15 is 0 Å². The molecule has 1 aliphatic rings. The Morgan fingerprint density at radius 1 is 1.14 bits per heavy atom. The first-order valence-electron chi connectivity index (χ1n) is 10.2. The van der Waals surface area contributed by atoms with Crippen molar-refractivity contribution in [3.63, 3.8) is 0 Å². The fourth-order valence-corrected chi connectivity index (χ4v) is 3.72. The molecular formula is C23H30O5. The van der Waals surface area contributed by atoms with Crippen LogP contribution in [0.1, 0.15) is 68.6 Å². The summed E-state index contributed by atoms with van der Waals surface area (Å²) in [5, 5.41) is 8.65. The number of carboxylic acid groups (broad SMARTS) is 1. The number of benzene rings is 1. The monoisotopic (exact) mass is 386 g/mol. The highest BCUT2D eigenvalue weighted by Gasteiger charge is 2.32. The average molecular weight is 386 g/mol. The molecule has 152 valence electrons. The van der Waals surface area contributed by atoms with E-state index in [2.05, 4.69) is 0 Å². The van der Waals surface area contributed by atoms with Crippen LogP contribution in [-0.4, -0.2) is 29.2 Å². The Bertz CT molecular complexity index is 689. The van der Waals surface area contributed by atoms with Crippen LogP contribution in [0.2, 0.25) is 0 Å². The molecule has 0 aromatic heterocycles. The largest absolute Gasteiger partial charge is 0.494 e. The van der Waals surface area contributed by atoms with Crippen molar-refractivity contribution in [3.8, 4) is 5.75 Å². The van der Waals surface area contributed by atoms with E-state index in [1.807, 2.05) is 13.0 Å². The highest BCUT2D eigenvalue weighted by Crippen LogP contribution is 2.34. The molecule has 2 unspecified atom stereocenters. The van der Waals surface area contributed by atoms with E-state index in [0.717, 1.165) is 37.9 Å². The number of ether oxygens (including phenoxy) is 1. The summed E-state index contributed by atoms with van der Waals surface area (Å²) in [6.07, 6.45) is 9.34. The first kappa shape index (κ1) is 21.9. The van der Waals surface area contributed by atoms with Crippen LogP contribution in [-0.2, 0) is 9.59 Å². The maximum atomic E-state index is 12.4. The molecule has 0 spiro atoms. The molecule has 2 atom stereocenters. The van der Waals surface area contributed by atoms with Crippen LogP contribution >= 0.6 is 0 Å².